The molecule has 0 fully saturated rings. The fourth-order valence-corrected chi connectivity index (χ4v) is 6.38. The molecule has 0 saturated carbocycles. The zero-order valence-corrected chi connectivity index (χ0v) is 17.1. The van der Waals surface area contributed by atoms with E-state index in [1.807, 2.05) is 62.3 Å². The average molecular weight is 322 g/mol. The van der Waals surface area contributed by atoms with Gasteiger partial charge in [-0.1, -0.05) is 0 Å². The maximum atomic E-state index is 6.19. The third-order valence-electron chi connectivity index (χ3n) is 1.62. The van der Waals surface area contributed by atoms with Crippen LogP contribution in [0.25, 0.3) is 0 Å². The van der Waals surface area contributed by atoms with E-state index in [1.165, 1.54) is 0 Å². The monoisotopic (exact) mass is 321 g/mol. The van der Waals surface area contributed by atoms with Crippen LogP contribution in [0.5, 0.6) is 0 Å². The molecule has 121 valence electrons. The Bertz CT molecular complexity index is 257. The lowest BCUT2D eigenvalue weighted by atomic mass is 10.2. The van der Waals surface area contributed by atoms with Crippen LogP contribution in [-0.4, -0.2) is 34.9 Å². The van der Waals surface area contributed by atoms with Gasteiger partial charge in [-0.3, -0.25) is 0 Å². The second kappa shape index (κ2) is 6.58. The van der Waals surface area contributed by atoms with Gasteiger partial charge in [0.15, 0.2) is 9.04 Å². The molecule has 1 radical (unpaired) electrons. The molecule has 0 heterocycles. The van der Waals surface area contributed by atoms with E-state index in [9.17, 15) is 0 Å². The third kappa shape index (κ3) is 10.1. The predicted molar refractivity (Wildman–Crippen MR) is 86.8 cm³/mol. The summed E-state index contributed by atoms with van der Waals surface area (Å²) in [6, 6.07) is 0. The van der Waals surface area contributed by atoms with Gasteiger partial charge in [-0.05, 0) is 75.4 Å². The highest BCUT2D eigenvalue weighted by Gasteiger charge is 2.54. The molecule has 0 atom stereocenters. The van der Waals surface area contributed by atoms with Crippen LogP contribution in [0.3, 0.4) is 0 Å². The second-order valence-corrected chi connectivity index (χ2v) is 12.4. The molecule has 6 heteroatoms. The van der Waals surface area contributed by atoms with E-state index >= 15 is 0 Å². The number of rotatable bonds is 5. The van der Waals surface area contributed by atoms with Crippen molar-refractivity contribution >= 4 is 18.1 Å². The zero-order valence-electron chi connectivity index (χ0n) is 15.1. The molecule has 0 unspecified atom stereocenters. The van der Waals surface area contributed by atoms with E-state index in [0.717, 1.165) is 0 Å². The highest BCUT2D eigenvalue weighted by Crippen LogP contribution is 2.30. The topological polar surface area (TPSA) is 36.9 Å². The maximum Gasteiger partial charge on any atom is 0.670 e. The summed E-state index contributed by atoms with van der Waals surface area (Å²) in [5, 5.41) is 0. The summed E-state index contributed by atoms with van der Waals surface area (Å²) in [6.07, 6.45) is 0. The Labute approximate surface area is 128 Å². The summed E-state index contributed by atoms with van der Waals surface area (Å²) in [5.41, 5.74) is -1.17. The van der Waals surface area contributed by atoms with Gasteiger partial charge in [0, 0.05) is 0 Å². The Morgan fingerprint density at radius 3 is 1.00 bits per heavy atom. The number of hydrogen-bond donors (Lipinski definition) is 0. The van der Waals surface area contributed by atoms with Gasteiger partial charge < -0.3 is 17.4 Å². The molecule has 0 aromatic rings. The van der Waals surface area contributed by atoms with Crippen LogP contribution in [0.15, 0.2) is 0 Å². The van der Waals surface area contributed by atoms with Gasteiger partial charge >= 0.3 is 9.05 Å². The van der Waals surface area contributed by atoms with Crippen LogP contribution in [0.2, 0.25) is 13.1 Å². The van der Waals surface area contributed by atoms with Crippen molar-refractivity contribution in [2.75, 3.05) is 0 Å². The predicted octanol–water partition coefficient (Wildman–Crippen LogP) is 4.14. The first-order valence-corrected chi connectivity index (χ1v) is 11.2. The van der Waals surface area contributed by atoms with E-state index in [1.54, 1.807) is 0 Å². The van der Waals surface area contributed by atoms with Crippen LogP contribution in [0, 0.1) is 0 Å². The molecule has 0 bridgehead atoms. The van der Waals surface area contributed by atoms with Crippen molar-refractivity contribution in [3.63, 3.8) is 0 Å². The Morgan fingerprint density at radius 2 is 0.850 bits per heavy atom. The summed E-state index contributed by atoms with van der Waals surface area (Å²) in [7, 11) is -4.24. The van der Waals surface area contributed by atoms with Crippen molar-refractivity contribution in [2.45, 2.75) is 92.2 Å². The van der Waals surface area contributed by atoms with Crippen molar-refractivity contribution in [3.8, 4) is 0 Å². The summed E-state index contributed by atoms with van der Waals surface area (Å²) in [6.45, 7) is 22.1. The Hall–Kier alpha value is 0.274. The van der Waals surface area contributed by atoms with E-state index in [0.29, 0.717) is 0 Å². The fourth-order valence-electron chi connectivity index (χ4n) is 1.50. The lowest BCUT2D eigenvalue weighted by Crippen LogP contribution is -2.60. The lowest BCUT2D eigenvalue weighted by molar-refractivity contribution is -0.114. The summed E-state index contributed by atoms with van der Waals surface area (Å²) >= 11 is 0. The maximum absolute atomic E-state index is 6.19. The van der Waals surface area contributed by atoms with Gasteiger partial charge in [0.2, 0.25) is 0 Å². The molecule has 20 heavy (non-hydrogen) atoms. The van der Waals surface area contributed by atoms with Gasteiger partial charge in [-0.15, -0.1) is 0 Å². The molecule has 0 rings (SSSR count). The molecule has 4 nitrogen and oxygen atoms in total. The van der Waals surface area contributed by atoms with Crippen LogP contribution in [-0.2, 0) is 17.4 Å². The largest absolute Gasteiger partial charge is 0.670 e. The summed E-state index contributed by atoms with van der Waals surface area (Å²) in [5.74, 6) is 0. The standard InChI is InChI=1S/C14H33O4Si2/c1-12(2,3)15-20(18-19(10)11,16-13(4,5)6)17-14(7,8)9/h1-11H3. The van der Waals surface area contributed by atoms with E-state index in [4.69, 9.17) is 17.4 Å². The van der Waals surface area contributed by atoms with Gasteiger partial charge in [0.1, 0.15) is 0 Å². The Morgan fingerprint density at radius 1 is 0.600 bits per heavy atom. The van der Waals surface area contributed by atoms with Crippen molar-refractivity contribution in [2.24, 2.45) is 0 Å². The molecule has 0 aliphatic rings. The van der Waals surface area contributed by atoms with Gasteiger partial charge in [-0.25, -0.2) is 0 Å². The average Bonchev–Trinajstić information content (AvgIpc) is 1.86. The highest BCUT2D eigenvalue weighted by atomic mass is 28.4. The minimum Gasteiger partial charge on any atom is -0.394 e. The Balaban J connectivity index is 5.50. The van der Waals surface area contributed by atoms with Gasteiger partial charge in [0.05, 0.1) is 16.8 Å². The molecule has 0 amide bonds. The second-order valence-electron chi connectivity index (χ2n) is 8.15. The van der Waals surface area contributed by atoms with Crippen LogP contribution >= 0.6 is 0 Å². The van der Waals surface area contributed by atoms with Crippen molar-refractivity contribution < 1.29 is 17.4 Å². The highest BCUT2D eigenvalue weighted by molar-refractivity contribution is 6.66. The molecule has 0 aromatic heterocycles. The van der Waals surface area contributed by atoms with Gasteiger partial charge in [0.25, 0.3) is 0 Å². The first kappa shape index (κ1) is 20.3. The smallest absolute Gasteiger partial charge is 0.394 e. The molecule has 0 saturated heterocycles. The van der Waals surface area contributed by atoms with E-state index in [2.05, 4.69) is 13.1 Å². The molecule has 0 spiro atoms. The quantitative estimate of drug-likeness (QED) is 0.713. The SMILES string of the molecule is C[Si](C)O[Si](OC(C)(C)C)(OC(C)(C)C)OC(C)(C)C. The van der Waals surface area contributed by atoms with Crippen LogP contribution in [0.1, 0.15) is 62.3 Å². The normalized spacial score (nSPS) is 15.0. The Kier molecular flexibility index (Phi) is 6.67. The molecule has 0 aromatic carbocycles. The van der Waals surface area contributed by atoms with Crippen molar-refractivity contribution in [1.29, 1.82) is 0 Å². The lowest BCUT2D eigenvalue weighted by Gasteiger charge is -2.42. The van der Waals surface area contributed by atoms with Crippen LogP contribution < -0.4 is 0 Å². The molecular formula is C14H33O4Si2. The van der Waals surface area contributed by atoms with Crippen molar-refractivity contribution in [1.82, 2.24) is 0 Å². The molecule has 0 aliphatic heterocycles. The first-order valence-electron chi connectivity index (χ1n) is 7.13. The minimum absolute atomic E-state index is 0.389. The fraction of sp³-hybridized carbons (Fsp3) is 1.00. The third-order valence-corrected chi connectivity index (χ3v) is 6.84. The van der Waals surface area contributed by atoms with Crippen molar-refractivity contribution in [3.05, 3.63) is 0 Å². The summed E-state index contributed by atoms with van der Waals surface area (Å²) in [4.78, 5) is 0. The van der Waals surface area contributed by atoms with Gasteiger partial charge in [-0.2, -0.15) is 0 Å². The van der Waals surface area contributed by atoms with E-state index < -0.39 is 18.1 Å². The first-order chi connectivity index (χ1) is 8.54. The summed E-state index contributed by atoms with van der Waals surface area (Å²) < 4.78 is 24.7. The van der Waals surface area contributed by atoms with E-state index in [-0.39, 0.29) is 16.8 Å². The number of hydrogen-bond acceptors (Lipinski definition) is 4. The molecule has 0 N–H and O–H groups in total. The molecule has 0 aliphatic carbocycles. The minimum atomic E-state index is -3.22. The van der Waals surface area contributed by atoms with Crippen LogP contribution in [0.4, 0.5) is 0 Å². The zero-order chi connectivity index (χ0) is 16.4. The molecular weight excluding hydrogens is 288 g/mol.